The summed E-state index contributed by atoms with van der Waals surface area (Å²) in [4.78, 5) is 28.8. The molecular formula is C21H21FN2O3. The molecule has 6 heteroatoms. The van der Waals surface area contributed by atoms with Crippen molar-refractivity contribution < 1.29 is 19.1 Å². The average Bonchev–Trinajstić information content (AvgIpc) is 2.91. The van der Waals surface area contributed by atoms with E-state index in [1.54, 1.807) is 0 Å². The Labute approximate surface area is 157 Å². The predicted octanol–water partition coefficient (Wildman–Crippen LogP) is 2.81. The number of benzene rings is 2. The number of halogens is 1. The zero-order valence-corrected chi connectivity index (χ0v) is 15.2. The van der Waals surface area contributed by atoms with Crippen LogP contribution in [0.1, 0.15) is 17.2 Å². The van der Waals surface area contributed by atoms with Crippen molar-refractivity contribution in [2.75, 3.05) is 27.2 Å². The third-order valence-electron chi connectivity index (χ3n) is 4.56. The molecule has 1 amide bonds. The molecule has 2 aromatic rings. The maximum Gasteiger partial charge on any atom is 0.295 e. The quantitative estimate of drug-likeness (QED) is 0.501. The highest BCUT2D eigenvalue weighted by Crippen LogP contribution is 2.39. The van der Waals surface area contributed by atoms with Gasteiger partial charge in [-0.15, -0.1) is 0 Å². The maximum absolute atomic E-state index is 13.2. The summed E-state index contributed by atoms with van der Waals surface area (Å²) in [6, 6.07) is 13.6. The highest BCUT2D eigenvalue weighted by Gasteiger charge is 2.45. The first-order valence-electron chi connectivity index (χ1n) is 8.64. The second kappa shape index (κ2) is 7.72. The zero-order valence-electron chi connectivity index (χ0n) is 15.2. The van der Waals surface area contributed by atoms with E-state index in [0.717, 1.165) is 5.56 Å². The van der Waals surface area contributed by atoms with Gasteiger partial charge < -0.3 is 14.9 Å². The molecule has 1 aliphatic heterocycles. The molecule has 1 fully saturated rings. The second-order valence-electron chi connectivity index (χ2n) is 6.71. The lowest BCUT2D eigenvalue weighted by Crippen LogP contribution is -2.35. The molecule has 0 spiro atoms. The van der Waals surface area contributed by atoms with E-state index in [1.807, 2.05) is 49.3 Å². The van der Waals surface area contributed by atoms with Crippen molar-refractivity contribution in [2.24, 2.45) is 0 Å². The van der Waals surface area contributed by atoms with E-state index in [2.05, 4.69) is 0 Å². The number of Topliss-reactive ketones (excluding diaryl/α,β-unsaturated/α-hetero) is 1. The number of amides is 1. The van der Waals surface area contributed by atoms with Gasteiger partial charge in [0.25, 0.3) is 11.7 Å². The number of carbonyl (C=O) groups is 2. The fraction of sp³-hybridized carbons (Fsp3) is 0.238. The van der Waals surface area contributed by atoms with Gasteiger partial charge in [0.1, 0.15) is 11.6 Å². The molecule has 3 rings (SSSR count). The Balaban J connectivity index is 2.12. The molecule has 27 heavy (non-hydrogen) atoms. The first kappa shape index (κ1) is 18.8. The van der Waals surface area contributed by atoms with Gasteiger partial charge in [0.15, 0.2) is 0 Å². The Morgan fingerprint density at radius 1 is 1.07 bits per heavy atom. The van der Waals surface area contributed by atoms with Crippen LogP contribution >= 0.6 is 0 Å². The molecule has 1 saturated heterocycles. The maximum atomic E-state index is 13.2. The minimum absolute atomic E-state index is 0.0246. The first-order valence-corrected chi connectivity index (χ1v) is 8.64. The number of likely N-dealkylation sites (N-methyl/N-ethyl adjacent to an activating group) is 1. The molecule has 0 aromatic heterocycles. The van der Waals surface area contributed by atoms with Crippen molar-refractivity contribution in [1.82, 2.24) is 9.80 Å². The molecule has 140 valence electrons. The summed E-state index contributed by atoms with van der Waals surface area (Å²) in [5, 5.41) is 10.8. The summed E-state index contributed by atoms with van der Waals surface area (Å²) in [5.41, 5.74) is 1.05. The van der Waals surface area contributed by atoms with Crippen LogP contribution in [0.4, 0.5) is 4.39 Å². The van der Waals surface area contributed by atoms with Crippen LogP contribution in [0.5, 0.6) is 0 Å². The van der Waals surface area contributed by atoms with Crippen LogP contribution in [0.25, 0.3) is 5.76 Å². The molecule has 1 heterocycles. The number of aliphatic hydroxyl groups excluding tert-OH is 1. The van der Waals surface area contributed by atoms with E-state index >= 15 is 0 Å². The zero-order chi connectivity index (χ0) is 19.6. The Hall–Kier alpha value is -2.99. The molecule has 0 saturated carbocycles. The van der Waals surface area contributed by atoms with Crippen LogP contribution in [-0.4, -0.2) is 53.8 Å². The normalized spacial score (nSPS) is 19.1. The average molecular weight is 368 g/mol. The van der Waals surface area contributed by atoms with E-state index < -0.39 is 23.5 Å². The Morgan fingerprint density at radius 3 is 2.30 bits per heavy atom. The molecular weight excluding hydrogens is 347 g/mol. The second-order valence-corrected chi connectivity index (χ2v) is 6.71. The van der Waals surface area contributed by atoms with Crippen LogP contribution in [-0.2, 0) is 9.59 Å². The minimum Gasteiger partial charge on any atom is -0.507 e. The van der Waals surface area contributed by atoms with Gasteiger partial charge in [-0.25, -0.2) is 4.39 Å². The van der Waals surface area contributed by atoms with Crippen LogP contribution in [0.3, 0.4) is 0 Å². The number of likely N-dealkylation sites (tertiary alicyclic amines) is 1. The first-order chi connectivity index (χ1) is 12.9. The molecule has 1 N–H and O–H groups in total. The van der Waals surface area contributed by atoms with Gasteiger partial charge >= 0.3 is 0 Å². The van der Waals surface area contributed by atoms with Gasteiger partial charge in [0.05, 0.1) is 11.6 Å². The summed E-state index contributed by atoms with van der Waals surface area (Å²) in [6.07, 6.45) is 0. The fourth-order valence-electron chi connectivity index (χ4n) is 3.16. The van der Waals surface area contributed by atoms with Crippen molar-refractivity contribution in [3.05, 3.63) is 77.1 Å². The Bertz CT molecular complexity index is 876. The van der Waals surface area contributed by atoms with Gasteiger partial charge in [0, 0.05) is 18.7 Å². The third kappa shape index (κ3) is 3.75. The van der Waals surface area contributed by atoms with E-state index in [9.17, 15) is 19.1 Å². The summed E-state index contributed by atoms with van der Waals surface area (Å²) in [5.74, 6) is -2.12. The monoisotopic (exact) mass is 368 g/mol. The highest BCUT2D eigenvalue weighted by molar-refractivity contribution is 6.46. The number of hydrogen-bond donors (Lipinski definition) is 1. The number of ketones is 1. The van der Waals surface area contributed by atoms with Crippen molar-refractivity contribution in [1.29, 1.82) is 0 Å². The molecule has 1 atom stereocenters. The number of carbonyl (C=O) groups excluding carboxylic acids is 2. The van der Waals surface area contributed by atoms with E-state index in [1.165, 1.54) is 29.2 Å². The van der Waals surface area contributed by atoms with Gasteiger partial charge in [-0.05, 0) is 43.9 Å². The van der Waals surface area contributed by atoms with Crippen LogP contribution in [0.15, 0.2) is 60.2 Å². The lowest BCUT2D eigenvalue weighted by atomic mass is 9.95. The molecule has 2 aromatic carbocycles. The topological polar surface area (TPSA) is 60.9 Å². The van der Waals surface area contributed by atoms with Gasteiger partial charge in [-0.1, -0.05) is 30.3 Å². The molecule has 0 bridgehead atoms. The Kier molecular flexibility index (Phi) is 5.37. The summed E-state index contributed by atoms with van der Waals surface area (Å²) in [6.45, 7) is 0.921. The minimum atomic E-state index is -0.732. The van der Waals surface area contributed by atoms with Gasteiger partial charge in [-0.3, -0.25) is 9.59 Å². The standard InChI is InChI=1S/C21H21FN2O3/c1-23(2)12-13-24-18(14-6-4-3-5-7-14)17(20(26)21(24)27)19(25)15-8-10-16(22)11-9-15/h3-11,18,25H,12-13H2,1-2H3/b19-17+/t18-/m1/s1. The van der Waals surface area contributed by atoms with Crippen LogP contribution in [0.2, 0.25) is 0 Å². The number of hydrogen-bond acceptors (Lipinski definition) is 4. The molecule has 0 radical (unpaired) electrons. The largest absolute Gasteiger partial charge is 0.507 e. The number of rotatable bonds is 5. The van der Waals surface area contributed by atoms with E-state index in [0.29, 0.717) is 18.7 Å². The van der Waals surface area contributed by atoms with Crippen molar-refractivity contribution in [2.45, 2.75) is 6.04 Å². The lowest BCUT2D eigenvalue weighted by molar-refractivity contribution is -0.140. The van der Waals surface area contributed by atoms with Crippen molar-refractivity contribution in [3.63, 3.8) is 0 Å². The smallest absolute Gasteiger partial charge is 0.295 e. The lowest BCUT2D eigenvalue weighted by Gasteiger charge is -2.26. The summed E-state index contributed by atoms with van der Waals surface area (Å²) >= 11 is 0. The molecule has 0 aliphatic carbocycles. The number of nitrogens with zero attached hydrogens (tertiary/aromatic N) is 2. The summed E-state index contributed by atoms with van der Waals surface area (Å²) < 4.78 is 13.2. The molecule has 0 unspecified atom stereocenters. The van der Waals surface area contributed by atoms with E-state index in [-0.39, 0.29) is 11.3 Å². The van der Waals surface area contributed by atoms with Gasteiger partial charge in [0.2, 0.25) is 0 Å². The highest BCUT2D eigenvalue weighted by atomic mass is 19.1. The SMILES string of the molecule is CN(C)CCN1C(=O)C(=O)/C(=C(/O)c2ccc(F)cc2)[C@H]1c1ccccc1. The van der Waals surface area contributed by atoms with Gasteiger partial charge in [-0.2, -0.15) is 0 Å². The third-order valence-corrected chi connectivity index (χ3v) is 4.56. The van der Waals surface area contributed by atoms with Crippen LogP contribution in [0, 0.1) is 5.82 Å². The van der Waals surface area contributed by atoms with Crippen molar-refractivity contribution >= 4 is 17.4 Å². The fourth-order valence-corrected chi connectivity index (χ4v) is 3.16. The van der Waals surface area contributed by atoms with Crippen LogP contribution < -0.4 is 0 Å². The Morgan fingerprint density at radius 2 is 1.70 bits per heavy atom. The molecule has 1 aliphatic rings. The van der Waals surface area contributed by atoms with Crippen molar-refractivity contribution in [3.8, 4) is 0 Å². The van der Waals surface area contributed by atoms with E-state index in [4.69, 9.17) is 0 Å². The number of aliphatic hydroxyl groups is 1. The predicted molar refractivity (Wildman–Crippen MR) is 100 cm³/mol. The summed E-state index contributed by atoms with van der Waals surface area (Å²) in [7, 11) is 3.76. The molecule has 5 nitrogen and oxygen atoms in total.